The van der Waals surface area contributed by atoms with Crippen molar-refractivity contribution < 1.29 is 22.0 Å². The highest BCUT2D eigenvalue weighted by Crippen LogP contribution is 2.25. The first-order valence-corrected chi connectivity index (χ1v) is 10.8. The van der Waals surface area contributed by atoms with Crippen molar-refractivity contribution in [1.29, 1.82) is 0 Å². The van der Waals surface area contributed by atoms with E-state index in [9.17, 15) is 22.0 Å². The molecular weight excluding hydrogens is 412 g/mol. The van der Waals surface area contributed by atoms with Crippen LogP contribution in [-0.4, -0.2) is 23.9 Å². The van der Waals surface area contributed by atoms with Gasteiger partial charge in [-0.1, -0.05) is 32.0 Å². The predicted molar refractivity (Wildman–Crippen MR) is 108 cm³/mol. The minimum atomic E-state index is -4.16. The summed E-state index contributed by atoms with van der Waals surface area (Å²) in [6.07, 6.45) is 2.32. The van der Waals surface area contributed by atoms with Crippen molar-refractivity contribution in [3.63, 3.8) is 0 Å². The second-order valence-electron chi connectivity index (χ2n) is 6.74. The number of amides is 1. The van der Waals surface area contributed by atoms with Gasteiger partial charge >= 0.3 is 0 Å². The number of carbonyl (C=O) groups is 1. The normalized spacial score (nSPS) is 11.5. The van der Waals surface area contributed by atoms with Gasteiger partial charge in [-0.05, 0) is 42.2 Å². The van der Waals surface area contributed by atoms with Gasteiger partial charge in [0.2, 0.25) is 0 Å². The van der Waals surface area contributed by atoms with Crippen LogP contribution in [0.15, 0.2) is 47.5 Å². The first kappa shape index (κ1) is 21.6. The number of imidazole rings is 1. The number of aromatic nitrogens is 2. The quantitative estimate of drug-likeness (QED) is 0.644. The van der Waals surface area contributed by atoms with Crippen LogP contribution in [0.4, 0.5) is 8.78 Å². The van der Waals surface area contributed by atoms with Gasteiger partial charge in [0.25, 0.3) is 15.9 Å². The predicted octanol–water partition coefficient (Wildman–Crippen LogP) is 3.61. The van der Waals surface area contributed by atoms with Crippen molar-refractivity contribution in [3.8, 4) is 11.4 Å². The fourth-order valence-electron chi connectivity index (χ4n) is 3.11. The Labute approximate surface area is 173 Å². The van der Waals surface area contributed by atoms with Crippen molar-refractivity contribution in [2.45, 2.75) is 31.6 Å². The van der Waals surface area contributed by atoms with Crippen molar-refractivity contribution in [3.05, 3.63) is 71.1 Å². The molecule has 0 aliphatic heterocycles. The highest BCUT2D eigenvalue weighted by Gasteiger charge is 2.25. The number of hydrogen-bond acceptors (Lipinski definition) is 4. The maximum Gasteiger partial charge on any atom is 0.285 e. The molecule has 0 saturated carbocycles. The van der Waals surface area contributed by atoms with Gasteiger partial charge in [-0.3, -0.25) is 4.79 Å². The maximum absolute atomic E-state index is 14.1. The Bertz CT molecular complexity index is 1200. The minimum absolute atomic E-state index is 0.0222. The third-order valence-electron chi connectivity index (χ3n) is 4.73. The molecule has 6 nitrogen and oxygen atoms in total. The molecule has 0 fully saturated rings. The summed E-state index contributed by atoms with van der Waals surface area (Å²) in [4.78, 5) is 16.6. The summed E-state index contributed by atoms with van der Waals surface area (Å²) >= 11 is 0. The van der Waals surface area contributed by atoms with E-state index in [1.165, 1.54) is 29.9 Å². The highest BCUT2D eigenvalue weighted by molar-refractivity contribution is 7.90. The molecule has 0 spiro atoms. The molecule has 0 unspecified atom stereocenters. The van der Waals surface area contributed by atoms with E-state index in [1.54, 1.807) is 6.07 Å². The van der Waals surface area contributed by atoms with E-state index in [-0.39, 0.29) is 16.4 Å². The Morgan fingerprint density at radius 2 is 1.77 bits per heavy atom. The van der Waals surface area contributed by atoms with E-state index < -0.39 is 33.1 Å². The molecule has 0 radical (unpaired) electrons. The summed E-state index contributed by atoms with van der Waals surface area (Å²) in [5, 5.41) is 0. The molecule has 1 aromatic heterocycles. The van der Waals surface area contributed by atoms with Gasteiger partial charge in [-0.15, -0.1) is 0 Å². The van der Waals surface area contributed by atoms with Crippen LogP contribution in [0, 0.1) is 11.6 Å². The van der Waals surface area contributed by atoms with Crippen molar-refractivity contribution >= 4 is 15.9 Å². The molecule has 0 atom stereocenters. The average Bonchev–Trinajstić information content (AvgIpc) is 3.08. The molecule has 30 heavy (non-hydrogen) atoms. The van der Waals surface area contributed by atoms with Gasteiger partial charge in [0.1, 0.15) is 23.2 Å². The third kappa shape index (κ3) is 4.11. The number of nitrogens with one attached hydrogen (secondary N) is 1. The van der Waals surface area contributed by atoms with E-state index in [0.717, 1.165) is 17.7 Å². The number of hydrogen-bond donors (Lipinski definition) is 1. The van der Waals surface area contributed by atoms with E-state index >= 15 is 0 Å². The van der Waals surface area contributed by atoms with Crippen LogP contribution in [0.5, 0.6) is 0 Å². The van der Waals surface area contributed by atoms with Gasteiger partial charge in [-0.25, -0.2) is 26.9 Å². The van der Waals surface area contributed by atoms with Crippen LogP contribution in [-0.2, 0) is 29.9 Å². The summed E-state index contributed by atoms with van der Waals surface area (Å²) in [7, 11) is -2.71. The number of aryl methyl sites for hydroxylation is 3. The molecule has 0 aliphatic carbocycles. The van der Waals surface area contributed by atoms with E-state index in [4.69, 9.17) is 0 Å². The standard InChI is InChI=1S/C21H21F2N3O3S/c1-4-13-9-10-14(5-2)18(11-13)30(28,29)25-21(27)17-12-26(3)20(24-17)19-15(22)7-6-8-16(19)23/h6-12H,4-5H2,1-3H3,(H,25,27). The lowest BCUT2D eigenvalue weighted by Gasteiger charge is -2.11. The number of nitrogens with zero attached hydrogens (tertiary/aromatic N) is 2. The minimum Gasteiger partial charge on any atom is -0.333 e. The fraction of sp³-hybridized carbons (Fsp3) is 0.238. The molecule has 2 aromatic carbocycles. The third-order valence-corrected chi connectivity index (χ3v) is 6.15. The van der Waals surface area contributed by atoms with Crippen molar-refractivity contribution in [1.82, 2.24) is 14.3 Å². The largest absolute Gasteiger partial charge is 0.333 e. The summed E-state index contributed by atoms with van der Waals surface area (Å²) in [6.45, 7) is 3.71. The SMILES string of the molecule is CCc1ccc(CC)c(S(=O)(=O)NC(=O)c2cn(C)c(-c3c(F)cccc3F)n2)c1. The highest BCUT2D eigenvalue weighted by atomic mass is 32.2. The first-order chi connectivity index (χ1) is 14.2. The van der Waals surface area contributed by atoms with Crippen molar-refractivity contribution in [2.24, 2.45) is 7.05 Å². The zero-order valence-corrected chi connectivity index (χ0v) is 17.6. The van der Waals surface area contributed by atoms with Gasteiger partial charge < -0.3 is 4.57 Å². The Balaban J connectivity index is 1.96. The number of benzene rings is 2. The Morgan fingerprint density at radius 1 is 1.10 bits per heavy atom. The lowest BCUT2D eigenvalue weighted by Crippen LogP contribution is -2.31. The molecule has 3 rings (SSSR count). The molecular formula is C21H21F2N3O3S. The zero-order valence-electron chi connectivity index (χ0n) is 16.7. The number of sulfonamides is 1. The molecule has 1 amide bonds. The summed E-state index contributed by atoms with van der Waals surface area (Å²) < 4.78 is 57.1. The molecule has 1 heterocycles. The number of rotatable bonds is 6. The van der Waals surface area contributed by atoms with Crippen LogP contribution in [0.25, 0.3) is 11.4 Å². The number of halogens is 2. The fourth-order valence-corrected chi connectivity index (χ4v) is 4.43. The van der Waals surface area contributed by atoms with Gasteiger partial charge in [0.15, 0.2) is 0 Å². The van der Waals surface area contributed by atoms with E-state index in [1.807, 2.05) is 24.6 Å². The van der Waals surface area contributed by atoms with Crippen LogP contribution in [0.2, 0.25) is 0 Å². The monoisotopic (exact) mass is 433 g/mol. The lowest BCUT2D eigenvalue weighted by molar-refractivity contribution is 0.0977. The van der Waals surface area contributed by atoms with E-state index in [2.05, 4.69) is 4.98 Å². The summed E-state index contributed by atoms with van der Waals surface area (Å²) in [6, 6.07) is 8.46. The summed E-state index contributed by atoms with van der Waals surface area (Å²) in [5.41, 5.74) is 0.715. The van der Waals surface area contributed by atoms with Gasteiger partial charge in [0, 0.05) is 13.2 Å². The van der Waals surface area contributed by atoms with Gasteiger partial charge in [0.05, 0.1) is 10.5 Å². The lowest BCUT2D eigenvalue weighted by atomic mass is 10.1. The Hall–Kier alpha value is -3.07. The van der Waals surface area contributed by atoms with Crippen molar-refractivity contribution in [2.75, 3.05) is 0 Å². The maximum atomic E-state index is 14.1. The molecule has 158 valence electrons. The van der Waals surface area contributed by atoms with Crippen LogP contribution in [0.1, 0.15) is 35.5 Å². The van der Waals surface area contributed by atoms with Crippen LogP contribution >= 0.6 is 0 Å². The molecule has 0 saturated heterocycles. The Morgan fingerprint density at radius 3 is 2.37 bits per heavy atom. The van der Waals surface area contributed by atoms with E-state index in [0.29, 0.717) is 18.4 Å². The molecule has 1 N–H and O–H groups in total. The Kier molecular flexibility index (Phi) is 6.02. The zero-order chi connectivity index (χ0) is 22.1. The topological polar surface area (TPSA) is 81.1 Å². The number of carbonyl (C=O) groups excluding carboxylic acids is 1. The van der Waals surface area contributed by atoms with Crippen LogP contribution < -0.4 is 4.72 Å². The summed E-state index contributed by atoms with van der Waals surface area (Å²) in [5.74, 6) is -2.80. The molecule has 9 heteroatoms. The second kappa shape index (κ2) is 8.35. The average molecular weight is 433 g/mol. The smallest absolute Gasteiger partial charge is 0.285 e. The molecule has 3 aromatic rings. The molecule has 0 aliphatic rings. The molecule has 0 bridgehead atoms. The van der Waals surface area contributed by atoms with Gasteiger partial charge in [-0.2, -0.15) is 0 Å². The first-order valence-electron chi connectivity index (χ1n) is 9.34. The second-order valence-corrected chi connectivity index (χ2v) is 8.39. The van der Waals surface area contributed by atoms with Crippen LogP contribution in [0.3, 0.4) is 0 Å².